The fraction of sp³-hybridized carbons (Fsp3) is 0.632. The van der Waals surface area contributed by atoms with Gasteiger partial charge in [0.05, 0.1) is 6.10 Å². The van der Waals surface area contributed by atoms with Crippen molar-refractivity contribution < 1.29 is 9.53 Å². The van der Waals surface area contributed by atoms with Crippen LogP contribution in [0.3, 0.4) is 0 Å². The summed E-state index contributed by atoms with van der Waals surface area (Å²) in [6.07, 6.45) is 1.34. The van der Waals surface area contributed by atoms with Gasteiger partial charge in [0, 0.05) is 42.3 Å². The third-order valence-corrected chi connectivity index (χ3v) is 5.22. The normalized spacial score (nSPS) is 27.3. The van der Waals surface area contributed by atoms with Crippen molar-refractivity contribution in [1.82, 2.24) is 10.6 Å². The van der Waals surface area contributed by atoms with Gasteiger partial charge in [-0.1, -0.05) is 26.0 Å². The average Bonchev–Trinajstić information content (AvgIpc) is 2.97. The smallest absolute Gasteiger partial charge is 0.315 e. The van der Waals surface area contributed by atoms with Crippen LogP contribution >= 0.6 is 0 Å². The van der Waals surface area contributed by atoms with Gasteiger partial charge in [-0.25, -0.2) is 4.79 Å². The predicted octanol–water partition coefficient (Wildman–Crippen LogP) is 3.12. The maximum Gasteiger partial charge on any atom is 0.315 e. The number of fused-ring (bicyclic) bond motifs is 1. The Bertz CT molecular complexity index is 600. The molecule has 0 radical (unpaired) electrons. The van der Waals surface area contributed by atoms with E-state index in [-0.39, 0.29) is 17.5 Å². The van der Waals surface area contributed by atoms with E-state index in [0.717, 1.165) is 24.3 Å². The molecular formula is C19H29N3O2. The van der Waals surface area contributed by atoms with Crippen LogP contribution in [0.1, 0.15) is 39.7 Å². The minimum atomic E-state index is -0.0966. The zero-order valence-corrected chi connectivity index (χ0v) is 15.1. The molecule has 3 N–H and O–H groups in total. The highest BCUT2D eigenvalue weighted by Gasteiger charge is 2.59. The summed E-state index contributed by atoms with van der Waals surface area (Å²) in [4.78, 5) is 12.3. The lowest BCUT2D eigenvalue weighted by Crippen LogP contribution is -2.67. The largest absolute Gasteiger partial charge is 0.383 e. The van der Waals surface area contributed by atoms with Gasteiger partial charge in [0.25, 0.3) is 0 Å². The van der Waals surface area contributed by atoms with Crippen molar-refractivity contribution in [2.45, 2.75) is 58.8 Å². The first kappa shape index (κ1) is 17.1. The van der Waals surface area contributed by atoms with Gasteiger partial charge >= 0.3 is 6.03 Å². The second kappa shape index (κ2) is 6.63. The first-order valence-corrected chi connectivity index (χ1v) is 8.89. The van der Waals surface area contributed by atoms with Crippen LogP contribution in [0.4, 0.5) is 10.5 Å². The SMILES string of the molecule is CC(C)Nc1cccc(CNC(=O)N[C@@H]2[C@@H]3CCO[C@@H]3C2(C)C)c1. The Kier molecular flexibility index (Phi) is 4.72. The number of carbonyl (C=O) groups excluding carboxylic acids is 1. The lowest BCUT2D eigenvalue weighted by molar-refractivity contribution is -0.108. The Labute approximate surface area is 144 Å². The Hall–Kier alpha value is -1.75. The zero-order chi connectivity index (χ0) is 17.3. The summed E-state index contributed by atoms with van der Waals surface area (Å²) in [6, 6.07) is 8.64. The first-order chi connectivity index (χ1) is 11.4. The topological polar surface area (TPSA) is 62.4 Å². The molecule has 1 aliphatic heterocycles. The van der Waals surface area contributed by atoms with Crippen LogP contribution in [0.25, 0.3) is 0 Å². The molecule has 1 aliphatic carbocycles. The number of hydrogen-bond donors (Lipinski definition) is 3. The quantitative estimate of drug-likeness (QED) is 0.777. The van der Waals surface area contributed by atoms with Crippen molar-refractivity contribution in [1.29, 1.82) is 0 Å². The minimum absolute atomic E-state index is 0.0135. The lowest BCUT2D eigenvalue weighted by atomic mass is 9.57. The standard InChI is InChI=1S/C19H29N3O2/c1-12(2)21-14-7-5-6-13(10-14)11-20-18(23)22-16-15-8-9-24-17(15)19(16,3)4/h5-7,10,12,15-17,21H,8-9,11H2,1-4H3,(H2,20,22,23)/t15-,16+,17-/m0/s1. The second-order valence-corrected chi connectivity index (χ2v) is 7.87. The van der Waals surface area contributed by atoms with Gasteiger partial charge in [0.15, 0.2) is 0 Å². The summed E-state index contributed by atoms with van der Waals surface area (Å²) in [6.45, 7) is 9.90. The Balaban J connectivity index is 1.51. The third-order valence-electron chi connectivity index (χ3n) is 5.22. The molecule has 0 spiro atoms. The molecule has 2 amide bonds. The molecular weight excluding hydrogens is 302 g/mol. The van der Waals surface area contributed by atoms with Crippen LogP contribution in [-0.4, -0.2) is 30.8 Å². The zero-order valence-electron chi connectivity index (χ0n) is 15.1. The van der Waals surface area contributed by atoms with Crippen molar-refractivity contribution in [3.05, 3.63) is 29.8 Å². The Morgan fingerprint density at radius 2 is 2.17 bits per heavy atom. The van der Waals surface area contributed by atoms with Crippen LogP contribution in [0, 0.1) is 11.3 Å². The summed E-state index contributed by atoms with van der Waals surface area (Å²) in [5, 5.41) is 9.50. The number of hydrogen-bond acceptors (Lipinski definition) is 3. The van der Waals surface area contributed by atoms with E-state index >= 15 is 0 Å². The van der Waals surface area contributed by atoms with Crippen molar-refractivity contribution >= 4 is 11.7 Å². The summed E-state index contributed by atoms with van der Waals surface area (Å²) >= 11 is 0. The van der Waals surface area contributed by atoms with Gasteiger partial charge < -0.3 is 20.7 Å². The van der Waals surface area contributed by atoms with Gasteiger partial charge in [-0.15, -0.1) is 0 Å². The number of benzene rings is 1. The van der Waals surface area contributed by atoms with Crippen LogP contribution < -0.4 is 16.0 Å². The van der Waals surface area contributed by atoms with Gasteiger partial charge in [-0.3, -0.25) is 0 Å². The number of anilines is 1. The van der Waals surface area contributed by atoms with E-state index in [9.17, 15) is 4.79 Å². The summed E-state index contributed by atoms with van der Waals surface area (Å²) in [5.41, 5.74) is 2.18. The van der Waals surface area contributed by atoms with Crippen molar-refractivity contribution in [2.24, 2.45) is 11.3 Å². The Morgan fingerprint density at radius 1 is 1.38 bits per heavy atom. The molecule has 0 aromatic heterocycles. The van der Waals surface area contributed by atoms with Crippen LogP contribution in [0.5, 0.6) is 0 Å². The maximum atomic E-state index is 12.3. The van der Waals surface area contributed by atoms with E-state index in [0.29, 0.717) is 24.6 Å². The van der Waals surface area contributed by atoms with E-state index in [4.69, 9.17) is 4.74 Å². The van der Waals surface area contributed by atoms with E-state index in [2.05, 4.69) is 49.7 Å². The highest BCUT2D eigenvalue weighted by atomic mass is 16.5. The van der Waals surface area contributed by atoms with E-state index in [1.165, 1.54) is 0 Å². The monoisotopic (exact) mass is 331 g/mol. The van der Waals surface area contributed by atoms with Crippen molar-refractivity contribution in [2.75, 3.05) is 11.9 Å². The molecule has 1 heterocycles. The molecule has 132 valence electrons. The average molecular weight is 331 g/mol. The van der Waals surface area contributed by atoms with Crippen LogP contribution in [0.15, 0.2) is 24.3 Å². The lowest BCUT2D eigenvalue weighted by Gasteiger charge is -2.54. The van der Waals surface area contributed by atoms with Gasteiger partial charge in [-0.2, -0.15) is 0 Å². The van der Waals surface area contributed by atoms with Crippen LogP contribution in [-0.2, 0) is 11.3 Å². The van der Waals surface area contributed by atoms with Crippen LogP contribution in [0.2, 0.25) is 0 Å². The van der Waals surface area contributed by atoms with Gasteiger partial charge in [0.1, 0.15) is 0 Å². The number of carbonyl (C=O) groups is 1. The number of rotatable bonds is 5. The fourth-order valence-corrected chi connectivity index (χ4v) is 4.10. The van der Waals surface area contributed by atoms with Crippen molar-refractivity contribution in [3.8, 4) is 0 Å². The predicted molar refractivity (Wildman–Crippen MR) is 96.0 cm³/mol. The molecule has 5 heteroatoms. The number of amides is 2. The second-order valence-electron chi connectivity index (χ2n) is 7.87. The minimum Gasteiger partial charge on any atom is -0.383 e. The van der Waals surface area contributed by atoms with E-state index in [1.807, 2.05) is 18.2 Å². The highest BCUT2D eigenvalue weighted by Crippen LogP contribution is 2.52. The summed E-state index contributed by atoms with van der Waals surface area (Å²) in [5.74, 6) is 0.462. The molecule has 2 fully saturated rings. The molecule has 3 rings (SSSR count). The number of urea groups is 1. The maximum absolute atomic E-state index is 12.3. The van der Waals surface area contributed by atoms with Gasteiger partial charge in [-0.05, 0) is 38.0 Å². The van der Waals surface area contributed by atoms with Gasteiger partial charge in [0.2, 0.25) is 0 Å². The molecule has 3 atom stereocenters. The number of nitrogens with one attached hydrogen (secondary N) is 3. The third kappa shape index (κ3) is 3.36. The molecule has 24 heavy (non-hydrogen) atoms. The fourth-order valence-electron chi connectivity index (χ4n) is 4.10. The molecule has 1 saturated carbocycles. The summed E-state index contributed by atoms with van der Waals surface area (Å²) < 4.78 is 5.77. The molecule has 1 aromatic rings. The first-order valence-electron chi connectivity index (χ1n) is 8.89. The van der Waals surface area contributed by atoms with E-state index < -0.39 is 0 Å². The molecule has 0 unspecified atom stereocenters. The molecule has 1 saturated heterocycles. The molecule has 1 aromatic carbocycles. The van der Waals surface area contributed by atoms with Crippen molar-refractivity contribution in [3.63, 3.8) is 0 Å². The molecule has 0 bridgehead atoms. The number of ether oxygens (including phenoxy) is 1. The summed E-state index contributed by atoms with van der Waals surface area (Å²) in [7, 11) is 0. The molecule has 2 aliphatic rings. The highest BCUT2D eigenvalue weighted by molar-refractivity contribution is 5.74. The molecule has 5 nitrogen and oxygen atoms in total. The van der Waals surface area contributed by atoms with E-state index in [1.54, 1.807) is 0 Å². The Morgan fingerprint density at radius 3 is 2.92 bits per heavy atom.